The van der Waals surface area contributed by atoms with Crippen molar-refractivity contribution >= 4 is 21.4 Å². The van der Waals surface area contributed by atoms with Gasteiger partial charge in [-0.25, -0.2) is 8.42 Å². The summed E-state index contributed by atoms with van der Waals surface area (Å²) in [4.78, 5) is 12.4. The van der Waals surface area contributed by atoms with Crippen molar-refractivity contribution in [3.05, 3.63) is 64.7 Å². The number of carbonyl (C=O) groups excluding carboxylic acids is 1. The Bertz CT molecular complexity index is 855. The molecule has 1 amide bonds. The average molecular weight is 359 g/mol. The highest BCUT2D eigenvalue weighted by molar-refractivity contribution is 7.92. The van der Waals surface area contributed by atoms with Crippen LogP contribution in [0, 0.1) is 13.8 Å². The third-order valence-electron chi connectivity index (χ3n) is 4.40. The normalized spacial score (nSPS) is 12.6. The van der Waals surface area contributed by atoms with Gasteiger partial charge in [0.1, 0.15) is 5.25 Å². The van der Waals surface area contributed by atoms with Gasteiger partial charge in [-0.2, -0.15) is 0 Å². The Labute approximate surface area is 150 Å². The smallest absolute Gasteiger partial charge is 0.242 e. The first kappa shape index (κ1) is 19.2. The summed E-state index contributed by atoms with van der Waals surface area (Å²) < 4.78 is 25.3. The molecule has 0 aliphatic heterocycles. The summed E-state index contributed by atoms with van der Waals surface area (Å²) >= 11 is 0. The van der Waals surface area contributed by atoms with Gasteiger partial charge in [-0.05, 0) is 56.0 Å². The lowest BCUT2D eigenvalue weighted by Crippen LogP contribution is -2.33. The summed E-state index contributed by atoms with van der Waals surface area (Å²) in [6.07, 6.45) is 0.912. The van der Waals surface area contributed by atoms with Crippen LogP contribution in [0.1, 0.15) is 36.1 Å². The molecule has 2 aromatic carbocycles. The standard InChI is InChI=1S/C20H25NO3S/c1-5-17-8-10-19(11-9-17)21-20(22)16(4)25(23,24)13-18-12-14(2)6-7-15(18)3/h6-12,16H,5,13H2,1-4H3,(H,21,22)/t16-/m1/s1. The number of anilines is 1. The van der Waals surface area contributed by atoms with E-state index in [0.29, 0.717) is 5.69 Å². The maximum atomic E-state index is 12.6. The van der Waals surface area contributed by atoms with Gasteiger partial charge in [-0.3, -0.25) is 4.79 Å². The third-order valence-corrected chi connectivity index (χ3v) is 6.40. The van der Waals surface area contributed by atoms with Crippen LogP contribution in [0.2, 0.25) is 0 Å². The van der Waals surface area contributed by atoms with E-state index in [0.717, 1.165) is 28.7 Å². The number of benzene rings is 2. The molecule has 0 radical (unpaired) electrons. The Hall–Kier alpha value is -2.14. The van der Waals surface area contributed by atoms with E-state index >= 15 is 0 Å². The van der Waals surface area contributed by atoms with Gasteiger partial charge in [0.05, 0.1) is 5.75 Å². The molecule has 0 fully saturated rings. The molecule has 1 N–H and O–H groups in total. The number of hydrogen-bond donors (Lipinski definition) is 1. The van der Waals surface area contributed by atoms with E-state index in [1.165, 1.54) is 6.92 Å². The Morgan fingerprint density at radius 1 is 1.08 bits per heavy atom. The highest BCUT2D eigenvalue weighted by atomic mass is 32.2. The Morgan fingerprint density at radius 3 is 2.32 bits per heavy atom. The lowest BCUT2D eigenvalue weighted by atomic mass is 10.1. The van der Waals surface area contributed by atoms with Crippen LogP contribution in [0.25, 0.3) is 0 Å². The minimum absolute atomic E-state index is 0.135. The fourth-order valence-electron chi connectivity index (χ4n) is 2.53. The average Bonchev–Trinajstić information content (AvgIpc) is 2.57. The van der Waals surface area contributed by atoms with Crippen molar-refractivity contribution in [1.82, 2.24) is 0 Å². The van der Waals surface area contributed by atoms with Gasteiger partial charge in [0.25, 0.3) is 0 Å². The fraction of sp³-hybridized carbons (Fsp3) is 0.350. The molecule has 0 heterocycles. The highest BCUT2D eigenvalue weighted by Crippen LogP contribution is 2.18. The van der Waals surface area contributed by atoms with E-state index in [9.17, 15) is 13.2 Å². The van der Waals surface area contributed by atoms with Gasteiger partial charge < -0.3 is 5.32 Å². The fourth-order valence-corrected chi connectivity index (χ4v) is 3.91. The molecule has 0 unspecified atom stereocenters. The first-order valence-corrected chi connectivity index (χ1v) is 10.1. The van der Waals surface area contributed by atoms with Crippen molar-refractivity contribution in [2.75, 3.05) is 5.32 Å². The summed E-state index contributed by atoms with van der Waals surface area (Å²) in [7, 11) is -3.60. The summed E-state index contributed by atoms with van der Waals surface area (Å²) in [6.45, 7) is 7.29. The molecule has 25 heavy (non-hydrogen) atoms. The van der Waals surface area contributed by atoms with E-state index in [2.05, 4.69) is 12.2 Å². The Kier molecular flexibility index (Phi) is 6.01. The van der Waals surface area contributed by atoms with Crippen LogP contribution in [-0.4, -0.2) is 19.6 Å². The summed E-state index contributed by atoms with van der Waals surface area (Å²) in [5, 5.41) is 1.58. The zero-order chi connectivity index (χ0) is 18.6. The van der Waals surface area contributed by atoms with E-state index in [1.807, 2.05) is 44.2 Å². The third kappa shape index (κ3) is 4.92. The molecule has 0 saturated carbocycles. The van der Waals surface area contributed by atoms with Gasteiger partial charge in [0.15, 0.2) is 9.84 Å². The molecule has 0 aromatic heterocycles. The summed E-state index contributed by atoms with van der Waals surface area (Å²) in [6, 6.07) is 13.1. The Morgan fingerprint density at radius 2 is 1.72 bits per heavy atom. The molecule has 0 saturated heterocycles. The lowest BCUT2D eigenvalue weighted by molar-refractivity contribution is -0.115. The zero-order valence-corrected chi connectivity index (χ0v) is 16.0. The van der Waals surface area contributed by atoms with Crippen LogP contribution in [0.3, 0.4) is 0 Å². The van der Waals surface area contributed by atoms with Crippen LogP contribution < -0.4 is 5.32 Å². The molecule has 5 heteroatoms. The van der Waals surface area contributed by atoms with Crippen molar-refractivity contribution in [2.24, 2.45) is 0 Å². The number of carbonyl (C=O) groups is 1. The van der Waals surface area contributed by atoms with Crippen LogP contribution >= 0.6 is 0 Å². The molecule has 134 valence electrons. The minimum atomic E-state index is -3.60. The summed E-state index contributed by atoms with van der Waals surface area (Å²) in [5.74, 6) is -0.640. The van der Waals surface area contributed by atoms with Crippen LogP contribution in [0.5, 0.6) is 0 Å². The Balaban J connectivity index is 2.12. The SMILES string of the molecule is CCc1ccc(NC(=O)[C@@H](C)S(=O)(=O)Cc2cc(C)ccc2C)cc1. The summed E-state index contributed by atoms with van der Waals surface area (Å²) in [5.41, 5.74) is 4.43. The van der Waals surface area contributed by atoms with E-state index < -0.39 is 21.0 Å². The monoisotopic (exact) mass is 359 g/mol. The largest absolute Gasteiger partial charge is 0.325 e. The van der Waals surface area contributed by atoms with Gasteiger partial charge >= 0.3 is 0 Å². The van der Waals surface area contributed by atoms with Gasteiger partial charge in [-0.15, -0.1) is 0 Å². The second-order valence-electron chi connectivity index (χ2n) is 6.42. The van der Waals surface area contributed by atoms with Crippen LogP contribution in [0.4, 0.5) is 5.69 Å². The van der Waals surface area contributed by atoms with E-state index in [1.54, 1.807) is 12.1 Å². The van der Waals surface area contributed by atoms with Crippen LogP contribution in [0.15, 0.2) is 42.5 Å². The molecule has 1 atom stereocenters. The maximum absolute atomic E-state index is 12.6. The maximum Gasteiger partial charge on any atom is 0.242 e. The molecular formula is C20H25NO3S. The van der Waals surface area contributed by atoms with Crippen molar-refractivity contribution in [2.45, 2.75) is 45.1 Å². The number of rotatable bonds is 6. The van der Waals surface area contributed by atoms with Crippen molar-refractivity contribution in [3.8, 4) is 0 Å². The molecule has 4 nitrogen and oxygen atoms in total. The van der Waals surface area contributed by atoms with Gasteiger partial charge in [0, 0.05) is 5.69 Å². The second kappa shape index (κ2) is 7.83. The van der Waals surface area contributed by atoms with Gasteiger partial charge in [-0.1, -0.05) is 42.8 Å². The molecule has 0 bridgehead atoms. The first-order chi connectivity index (χ1) is 11.7. The van der Waals surface area contributed by atoms with Crippen molar-refractivity contribution in [3.63, 3.8) is 0 Å². The number of sulfone groups is 1. The van der Waals surface area contributed by atoms with E-state index in [4.69, 9.17) is 0 Å². The topological polar surface area (TPSA) is 63.2 Å². The molecular weight excluding hydrogens is 334 g/mol. The number of nitrogens with one attached hydrogen (secondary N) is 1. The number of amides is 1. The lowest BCUT2D eigenvalue weighted by Gasteiger charge is -2.15. The number of hydrogen-bond acceptors (Lipinski definition) is 3. The quantitative estimate of drug-likeness (QED) is 0.853. The minimum Gasteiger partial charge on any atom is -0.325 e. The predicted molar refractivity (Wildman–Crippen MR) is 102 cm³/mol. The van der Waals surface area contributed by atoms with Crippen LogP contribution in [-0.2, 0) is 26.8 Å². The molecule has 0 aliphatic carbocycles. The van der Waals surface area contributed by atoms with Crippen molar-refractivity contribution in [1.29, 1.82) is 0 Å². The van der Waals surface area contributed by atoms with E-state index in [-0.39, 0.29) is 5.75 Å². The molecule has 0 aliphatic rings. The predicted octanol–water partition coefficient (Wildman–Crippen LogP) is 3.81. The first-order valence-electron chi connectivity index (χ1n) is 8.40. The molecule has 0 spiro atoms. The molecule has 2 rings (SSSR count). The number of aryl methyl sites for hydroxylation is 3. The van der Waals surface area contributed by atoms with Crippen molar-refractivity contribution < 1.29 is 13.2 Å². The second-order valence-corrected chi connectivity index (χ2v) is 8.74. The molecule has 2 aromatic rings. The van der Waals surface area contributed by atoms with Gasteiger partial charge in [0.2, 0.25) is 5.91 Å². The highest BCUT2D eigenvalue weighted by Gasteiger charge is 2.28. The zero-order valence-electron chi connectivity index (χ0n) is 15.2.